The molecular weight excluding hydrogens is 342 g/mol. The summed E-state index contributed by atoms with van der Waals surface area (Å²) < 4.78 is 6.19. The molecular formula is C26H31NO. The first-order chi connectivity index (χ1) is 13.5. The molecule has 0 N–H and O–H groups in total. The van der Waals surface area contributed by atoms with Crippen LogP contribution in [0.1, 0.15) is 76.5 Å². The highest BCUT2D eigenvalue weighted by atomic mass is 16.5. The van der Waals surface area contributed by atoms with Gasteiger partial charge in [-0.1, -0.05) is 64.7 Å². The average molecular weight is 374 g/mol. The molecule has 0 radical (unpaired) electrons. The summed E-state index contributed by atoms with van der Waals surface area (Å²) in [4.78, 5) is 4.80. The maximum Gasteiger partial charge on any atom is 0.128 e. The van der Waals surface area contributed by atoms with Crippen LogP contribution in [0.25, 0.3) is 10.8 Å². The van der Waals surface area contributed by atoms with Crippen molar-refractivity contribution in [1.29, 1.82) is 0 Å². The molecule has 146 valence electrons. The van der Waals surface area contributed by atoms with Crippen molar-refractivity contribution in [3.05, 3.63) is 66.0 Å². The van der Waals surface area contributed by atoms with Gasteiger partial charge in [-0.3, -0.25) is 4.98 Å². The number of pyridine rings is 1. The minimum atomic E-state index is 0.154. The zero-order valence-corrected chi connectivity index (χ0v) is 17.4. The van der Waals surface area contributed by atoms with E-state index in [1.54, 1.807) is 0 Å². The Morgan fingerprint density at radius 1 is 0.821 bits per heavy atom. The molecule has 1 heterocycles. The number of hydrogen-bond donors (Lipinski definition) is 0. The van der Waals surface area contributed by atoms with Crippen molar-refractivity contribution < 1.29 is 4.74 Å². The zero-order chi connectivity index (χ0) is 19.6. The second-order valence-electron chi connectivity index (χ2n) is 9.14. The van der Waals surface area contributed by atoms with Gasteiger partial charge in [0.15, 0.2) is 0 Å². The molecule has 1 aromatic heterocycles. The smallest absolute Gasteiger partial charge is 0.128 e. The lowest BCUT2D eigenvalue weighted by molar-refractivity contribution is 0.482. The molecule has 3 aromatic rings. The molecule has 0 spiro atoms. The third kappa shape index (κ3) is 4.22. The van der Waals surface area contributed by atoms with Crippen LogP contribution in [-0.2, 0) is 5.41 Å². The van der Waals surface area contributed by atoms with Crippen molar-refractivity contribution in [2.24, 2.45) is 0 Å². The van der Waals surface area contributed by atoms with Gasteiger partial charge in [0.05, 0.1) is 5.69 Å². The molecule has 2 nitrogen and oxygen atoms in total. The number of nitrogens with zero attached hydrogens (tertiary/aromatic N) is 1. The number of benzene rings is 2. The van der Waals surface area contributed by atoms with E-state index in [-0.39, 0.29) is 5.41 Å². The Labute approximate surface area is 169 Å². The molecule has 28 heavy (non-hydrogen) atoms. The number of hydrogen-bond acceptors (Lipinski definition) is 2. The Morgan fingerprint density at radius 2 is 1.50 bits per heavy atom. The predicted molar refractivity (Wildman–Crippen MR) is 117 cm³/mol. The molecule has 0 saturated heterocycles. The average Bonchev–Trinajstić information content (AvgIpc) is 2.97. The van der Waals surface area contributed by atoms with E-state index in [1.165, 1.54) is 60.6 Å². The molecule has 0 bridgehead atoms. The third-order valence-corrected chi connectivity index (χ3v) is 5.97. The number of aromatic nitrogens is 1. The first-order valence-electron chi connectivity index (χ1n) is 10.7. The van der Waals surface area contributed by atoms with Crippen LogP contribution in [0.15, 0.2) is 54.7 Å². The summed E-state index contributed by atoms with van der Waals surface area (Å²) in [5.74, 6) is 2.35. The minimum absolute atomic E-state index is 0.154. The third-order valence-electron chi connectivity index (χ3n) is 5.97. The van der Waals surface area contributed by atoms with Crippen molar-refractivity contribution in [3.8, 4) is 11.5 Å². The molecule has 1 fully saturated rings. The normalized spacial score (nSPS) is 16.1. The lowest BCUT2D eigenvalue weighted by Crippen LogP contribution is -2.10. The van der Waals surface area contributed by atoms with Crippen LogP contribution >= 0.6 is 0 Å². The highest BCUT2D eigenvalue weighted by molar-refractivity contribution is 5.86. The fourth-order valence-electron chi connectivity index (χ4n) is 4.27. The first-order valence-corrected chi connectivity index (χ1v) is 10.7. The lowest BCUT2D eigenvalue weighted by Gasteiger charge is -2.19. The summed E-state index contributed by atoms with van der Waals surface area (Å²) in [7, 11) is 0. The van der Waals surface area contributed by atoms with Gasteiger partial charge in [0, 0.05) is 17.5 Å². The van der Waals surface area contributed by atoms with E-state index in [9.17, 15) is 0 Å². The molecule has 2 aromatic carbocycles. The Balaban J connectivity index is 1.62. The number of ether oxygens (including phenoxy) is 1. The largest absolute Gasteiger partial charge is 0.457 e. The molecule has 0 amide bonds. The molecule has 0 unspecified atom stereocenters. The van der Waals surface area contributed by atoms with Crippen LogP contribution in [0.4, 0.5) is 0 Å². The summed E-state index contributed by atoms with van der Waals surface area (Å²) in [6.07, 6.45) is 9.84. The van der Waals surface area contributed by atoms with Gasteiger partial charge >= 0.3 is 0 Å². The van der Waals surface area contributed by atoms with Crippen LogP contribution in [0, 0.1) is 0 Å². The zero-order valence-electron chi connectivity index (χ0n) is 17.4. The van der Waals surface area contributed by atoms with E-state index in [0.29, 0.717) is 5.92 Å². The van der Waals surface area contributed by atoms with Crippen LogP contribution in [0.2, 0.25) is 0 Å². The molecule has 2 heteroatoms. The highest BCUT2D eigenvalue weighted by Crippen LogP contribution is 2.36. The molecule has 0 atom stereocenters. The van der Waals surface area contributed by atoms with Gasteiger partial charge < -0.3 is 4.74 Å². The maximum atomic E-state index is 6.19. The molecule has 1 aliphatic rings. The summed E-state index contributed by atoms with van der Waals surface area (Å²) in [5, 5.41) is 2.50. The molecule has 1 saturated carbocycles. The van der Waals surface area contributed by atoms with Gasteiger partial charge in [0.2, 0.25) is 0 Å². The fourth-order valence-corrected chi connectivity index (χ4v) is 4.27. The van der Waals surface area contributed by atoms with Crippen molar-refractivity contribution in [3.63, 3.8) is 0 Å². The van der Waals surface area contributed by atoms with E-state index < -0.39 is 0 Å². The van der Waals surface area contributed by atoms with E-state index in [4.69, 9.17) is 9.72 Å². The van der Waals surface area contributed by atoms with Crippen molar-refractivity contribution in [2.45, 2.75) is 70.6 Å². The number of fused-ring (bicyclic) bond motifs is 1. The van der Waals surface area contributed by atoms with Crippen molar-refractivity contribution >= 4 is 10.8 Å². The Morgan fingerprint density at radius 3 is 2.18 bits per heavy atom. The minimum Gasteiger partial charge on any atom is -0.457 e. The monoisotopic (exact) mass is 373 g/mol. The highest BCUT2D eigenvalue weighted by Gasteiger charge is 2.18. The van der Waals surface area contributed by atoms with Crippen LogP contribution in [-0.4, -0.2) is 4.98 Å². The van der Waals surface area contributed by atoms with E-state index in [0.717, 1.165) is 11.5 Å². The predicted octanol–water partition coefficient (Wildman–Crippen LogP) is 7.76. The quantitative estimate of drug-likeness (QED) is 0.438. The molecule has 0 aliphatic heterocycles. The van der Waals surface area contributed by atoms with Gasteiger partial charge in [0.1, 0.15) is 11.5 Å². The van der Waals surface area contributed by atoms with Gasteiger partial charge in [-0.25, -0.2) is 0 Å². The van der Waals surface area contributed by atoms with E-state index in [1.807, 2.05) is 6.20 Å². The van der Waals surface area contributed by atoms with Crippen molar-refractivity contribution in [2.75, 3.05) is 0 Å². The number of rotatable bonds is 3. The van der Waals surface area contributed by atoms with Crippen molar-refractivity contribution in [1.82, 2.24) is 4.98 Å². The topological polar surface area (TPSA) is 22.1 Å². The second kappa shape index (κ2) is 7.95. The SMILES string of the molecule is CC(C)(C)c1ccc(Oc2ccc3ccnc(C4CCCCCC4)c3c2)cc1. The summed E-state index contributed by atoms with van der Waals surface area (Å²) >= 11 is 0. The van der Waals surface area contributed by atoms with Gasteiger partial charge in [-0.2, -0.15) is 0 Å². The second-order valence-corrected chi connectivity index (χ2v) is 9.14. The molecule has 4 rings (SSSR count). The summed E-state index contributed by atoms with van der Waals surface area (Å²) in [6, 6.07) is 17.0. The van der Waals surface area contributed by atoms with Crippen LogP contribution in [0.5, 0.6) is 11.5 Å². The Kier molecular flexibility index (Phi) is 5.39. The maximum absolute atomic E-state index is 6.19. The van der Waals surface area contributed by atoms with Crippen LogP contribution in [0.3, 0.4) is 0 Å². The van der Waals surface area contributed by atoms with E-state index in [2.05, 4.69) is 69.3 Å². The van der Waals surface area contributed by atoms with Gasteiger partial charge in [0.25, 0.3) is 0 Å². The van der Waals surface area contributed by atoms with E-state index >= 15 is 0 Å². The summed E-state index contributed by atoms with van der Waals surface area (Å²) in [5.41, 5.74) is 2.73. The standard InChI is InChI=1S/C26H31NO/c1-26(2,3)21-11-14-22(15-12-21)28-23-13-10-19-16-17-27-25(24(19)18-23)20-8-6-4-5-7-9-20/h10-18,20H,4-9H2,1-3H3. The Hall–Kier alpha value is -2.35. The molecule has 1 aliphatic carbocycles. The lowest BCUT2D eigenvalue weighted by atomic mass is 9.87. The first kappa shape index (κ1) is 19.0. The van der Waals surface area contributed by atoms with Crippen LogP contribution < -0.4 is 4.74 Å². The summed E-state index contributed by atoms with van der Waals surface area (Å²) in [6.45, 7) is 6.69. The van der Waals surface area contributed by atoms with Gasteiger partial charge in [-0.15, -0.1) is 0 Å². The fraction of sp³-hybridized carbons (Fsp3) is 0.423. The Bertz CT molecular complexity index is 929. The van der Waals surface area contributed by atoms with Gasteiger partial charge in [-0.05, 0) is 59.5 Å².